The first kappa shape index (κ1) is 10.4. The molecular formula is C8H10F3NS. The quantitative estimate of drug-likeness (QED) is 0.723. The fourth-order valence-corrected chi connectivity index (χ4v) is 2.00. The lowest BCUT2D eigenvalue weighted by molar-refractivity contribution is -0.119. The van der Waals surface area contributed by atoms with Crippen LogP contribution in [0.2, 0.25) is 0 Å². The van der Waals surface area contributed by atoms with E-state index in [0.29, 0.717) is 5.00 Å². The van der Waals surface area contributed by atoms with Crippen molar-refractivity contribution in [2.24, 2.45) is 0 Å². The van der Waals surface area contributed by atoms with Crippen LogP contribution in [0.1, 0.15) is 5.56 Å². The third-order valence-corrected chi connectivity index (χ3v) is 2.73. The molecule has 0 N–H and O–H groups in total. The van der Waals surface area contributed by atoms with E-state index >= 15 is 0 Å². The van der Waals surface area contributed by atoms with Crippen LogP contribution in [0.15, 0.2) is 11.4 Å². The largest absolute Gasteiger partial charge is 0.405 e. The Kier molecular flexibility index (Phi) is 2.85. The molecule has 0 aromatic carbocycles. The Hall–Kier alpha value is -0.710. The van der Waals surface area contributed by atoms with Gasteiger partial charge in [-0.1, -0.05) is 0 Å². The van der Waals surface area contributed by atoms with Crippen molar-refractivity contribution in [3.05, 3.63) is 17.0 Å². The Morgan fingerprint density at radius 3 is 2.46 bits per heavy atom. The van der Waals surface area contributed by atoms with E-state index in [1.54, 1.807) is 12.3 Å². The summed E-state index contributed by atoms with van der Waals surface area (Å²) in [5.41, 5.74) is 0.886. The van der Waals surface area contributed by atoms with Crippen LogP contribution in [0.3, 0.4) is 0 Å². The topological polar surface area (TPSA) is 3.24 Å². The molecule has 0 aliphatic carbocycles. The molecule has 1 aromatic rings. The van der Waals surface area contributed by atoms with E-state index < -0.39 is 12.7 Å². The van der Waals surface area contributed by atoms with Gasteiger partial charge in [-0.15, -0.1) is 11.3 Å². The molecule has 0 saturated carbocycles. The monoisotopic (exact) mass is 209 g/mol. The van der Waals surface area contributed by atoms with Crippen LogP contribution < -0.4 is 4.90 Å². The van der Waals surface area contributed by atoms with Gasteiger partial charge < -0.3 is 4.90 Å². The van der Waals surface area contributed by atoms with Gasteiger partial charge in [0.25, 0.3) is 0 Å². The van der Waals surface area contributed by atoms with Crippen LogP contribution in [0.25, 0.3) is 0 Å². The molecule has 1 heterocycles. The summed E-state index contributed by atoms with van der Waals surface area (Å²) in [7, 11) is 1.45. The molecule has 1 aromatic heterocycles. The Morgan fingerprint density at radius 2 is 2.08 bits per heavy atom. The first-order valence-corrected chi connectivity index (χ1v) is 4.60. The van der Waals surface area contributed by atoms with Crippen LogP contribution in [-0.4, -0.2) is 19.8 Å². The summed E-state index contributed by atoms with van der Waals surface area (Å²) in [4.78, 5) is 1.22. The fourth-order valence-electron chi connectivity index (χ4n) is 1.10. The normalized spacial score (nSPS) is 11.8. The van der Waals surface area contributed by atoms with Crippen molar-refractivity contribution in [3.8, 4) is 0 Å². The molecule has 0 radical (unpaired) electrons. The zero-order chi connectivity index (χ0) is 10.1. The lowest BCUT2D eigenvalue weighted by Gasteiger charge is -2.19. The summed E-state index contributed by atoms with van der Waals surface area (Å²) in [6.07, 6.45) is -4.13. The predicted molar refractivity (Wildman–Crippen MR) is 48.4 cm³/mol. The SMILES string of the molecule is Cc1ccsc1N(C)CC(F)(F)F. The maximum Gasteiger partial charge on any atom is 0.405 e. The Bertz CT molecular complexity index is 279. The fraction of sp³-hybridized carbons (Fsp3) is 0.500. The second kappa shape index (κ2) is 3.57. The third-order valence-electron chi connectivity index (χ3n) is 1.60. The maximum absolute atomic E-state index is 12.0. The number of hydrogen-bond donors (Lipinski definition) is 0. The molecule has 0 fully saturated rings. The average molecular weight is 209 g/mol. The first-order valence-electron chi connectivity index (χ1n) is 3.72. The summed E-state index contributed by atoms with van der Waals surface area (Å²) in [5, 5.41) is 2.47. The Labute approximate surface area is 78.8 Å². The lowest BCUT2D eigenvalue weighted by Crippen LogP contribution is -2.30. The van der Waals surface area contributed by atoms with Crippen LogP contribution >= 0.6 is 11.3 Å². The number of halogens is 3. The highest BCUT2D eigenvalue weighted by Crippen LogP contribution is 2.28. The molecule has 0 bridgehead atoms. The van der Waals surface area contributed by atoms with Crippen molar-refractivity contribution in [1.82, 2.24) is 0 Å². The number of nitrogens with zero attached hydrogens (tertiary/aromatic N) is 1. The number of aryl methyl sites for hydroxylation is 1. The number of thiophene rings is 1. The van der Waals surface area contributed by atoms with Gasteiger partial charge in [0.05, 0.1) is 5.00 Å². The number of anilines is 1. The minimum atomic E-state index is -4.13. The van der Waals surface area contributed by atoms with E-state index in [1.165, 1.54) is 23.3 Å². The van der Waals surface area contributed by atoms with Crippen molar-refractivity contribution in [1.29, 1.82) is 0 Å². The molecule has 1 rings (SSSR count). The van der Waals surface area contributed by atoms with E-state index in [9.17, 15) is 13.2 Å². The van der Waals surface area contributed by atoms with Gasteiger partial charge in [-0.05, 0) is 23.9 Å². The number of hydrogen-bond acceptors (Lipinski definition) is 2. The minimum Gasteiger partial charge on any atom is -0.357 e. The second-order valence-electron chi connectivity index (χ2n) is 2.88. The summed E-state index contributed by atoms with van der Waals surface area (Å²) in [5.74, 6) is 0. The summed E-state index contributed by atoms with van der Waals surface area (Å²) in [6, 6.07) is 1.81. The zero-order valence-corrected chi connectivity index (χ0v) is 8.17. The van der Waals surface area contributed by atoms with Gasteiger partial charge in [0.2, 0.25) is 0 Å². The molecule has 1 nitrogen and oxygen atoms in total. The molecule has 0 saturated heterocycles. The van der Waals surface area contributed by atoms with E-state index in [0.717, 1.165) is 5.56 Å². The number of rotatable bonds is 2. The van der Waals surface area contributed by atoms with Crippen LogP contribution in [0.4, 0.5) is 18.2 Å². The van der Waals surface area contributed by atoms with Gasteiger partial charge in [-0.25, -0.2) is 0 Å². The molecule has 0 aliphatic heterocycles. The van der Waals surface area contributed by atoms with Crippen molar-refractivity contribution in [3.63, 3.8) is 0 Å². The maximum atomic E-state index is 12.0. The molecule has 5 heteroatoms. The standard InChI is InChI=1S/C8H10F3NS/c1-6-3-4-13-7(6)12(2)5-8(9,10)11/h3-4H,5H2,1-2H3. The van der Waals surface area contributed by atoms with E-state index in [-0.39, 0.29) is 0 Å². The van der Waals surface area contributed by atoms with E-state index in [4.69, 9.17) is 0 Å². The van der Waals surface area contributed by atoms with Crippen LogP contribution in [-0.2, 0) is 0 Å². The van der Waals surface area contributed by atoms with Crippen LogP contribution in [0, 0.1) is 6.92 Å². The van der Waals surface area contributed by atoms with Gasteiger partial charge in [-0.2, -0.15) is 13.2 Å². The summed E-state index contributed by atoms with van der Waals surface area (Å²) >= 11 is 1.32. The average Bonchev–Trinajstić information content (AvgIpc) is 2.30. The zero-order valence-electron chi connectivity index (χ0n) is 7.35. The van der Waals surface area contributed by atoms with E-state index in [1.807, 2.05) is 6.07 Å². The second-order valence-corrected chi connectivity index (χ2v) is 3.77. The van der Waals surface area contributed by atoms with Gasteiger partial charge in [0.15, 0.2) is 0 Å². The highest BCUT2D eigenvalue weighted by molar-refractivity contribution is 7.14. The predicted octanol–water partition coefficient (Wildman–Crippen LogP) is 3.06. The molecule has 0 spiro atoms. The summed E-state index contributed by atoms with van der Waals surface area (Å²) in [6.45, 7) is 0.910. The lowest BCUT2D eigenvalue weighted by atomic mass is 10.3. The molecule has 0 amide bonds. The summed E-state index contributed by atoms with van der Waals surface area (Å²) < 4.78 is 36.0. The highest BCUT2D eigenvalue weighted by atomic mass is 32.1. The smallest absolute Gasteiger partial charge is 0.357 e. The Balaban J connectivity index is 2.69. The van der Waals surface area contributed by atoms with Gasteiger partial charge in [-0.3, -0.25) is 0 Å². The molecule has 74 valence electrons. The molecule has 13 heavy (non-hydrogen) atoms. The molecule has 0 aliphatic rings. The minimum absolute atomic E-state index is 0.678. The number of alkyl halides is 3. The van der Waals surface area contributed by atoms with Crippen LogP contribution in [0.5, 0.6) is 0 Å². The van der Waals surface area contributed by atoms with Crippen molar-refractivity contribution < 1.29 is 13.2 Å². The molecular weight excluding hydrogens is 199 g/mol. The van der Waals surface area contributed by atoms with Crippen molar-refractivity contribution >= 4 is 16.3 Å². The Morgan fingerprint density at radius 1 is 1.46 bits per heavy atom. The van der Waals surface area contributed by atoms with Gasteiger partial charge in [0.1, 0.15) is 6.54 Å². The first-order chi connectivity index (χ1) is 5.90. The van der Waals surface area contributed by atoms with Crippen molar-refractivity contribution in [2.75, 3.05) is 18.5 Å². The van der Waals surface area contributed by atoms with Crippen molar-refractivity contribution in [2.45, 2.75) is 13.1 Å². The molecule has 0 unspecified atom stereocenters. The van der Waals surface area contributed by atoms with Gasteiger partial charge in [0, 0.05) is 7.05 Å². The highest BCUT2D eigenvalue weighted by Gasteiger charge is 2.29. The molecule has 0 atom stereocenters. The van der Waals surface area contributed by atoms with Gasteiger partial charge >= 0.3 is 6.18 Å². The third kappa shape index (κ3) is 2.91. The van der Waals surface area contributed by atoms with E-state index in [2.05, 4.69) is 0 Å².